The lowest BCUT2D eigenvalue weighted by atomic mass is 10.1. The van der Waals surface area contributed by atoms with E-state index >= 15 is 0 Å². The Balaban J connectivity index is 1.47. The predicted molar refractivity (Wildman–Crippen MR) is 94.2 cm³/mol. The Bertz CT molecular complexity index is 576. The van der Waals surface area contributed by atoms with Crippen LogP contribution < -0.4 is 0 Å². The molecule has 130 valence electrons. The zero-order chi connectivity index (χ0) is 16.9. The number of benzene rings is 1. The fourth-order valence-corrected chi connectivity index (χ4v) is 3.44. The van der Waals surface area contributed by atoms with E-state index in [2.05, 4.69) is 4.90 Å². The molecule has 2 fully saturated rings. The highest BCUT2D eigenvalue weighted by Crippen LogP contribution is 2.14. The maximum Gasteiger partial charge on any atom is 0.253 e. The third-order valence-electron chi connectivity index (χ3n) is 4.82. The van der Waals surface area contributed by atoms with Crippen molar-refractivity contribution in [2.45, 2.75) is 19.3 Å². The number of piperidine rings is 1. The maximum atomic E-state index is 12.5. The van der Waals surface area contributed by atoms with E-state index < -0.39 is 0 Å². The van der Waals surface area contributed by atoms with E-state index in [-0.39, 0.29) is 11.8 Å². The van der Waals surface area contributed by atoms with Crippen molar-refractivity contribution in [1.29, 1.82) is 0 Å². The van der Waals surface area contributed by atoms with Gasteiger partial charge in [-0.15, -0.1) is 0 Å². The summed E-state index contributed by atoms with van der Waals surface area (Å²) in [4.78, 5) is 30.8. The molecule has 0 unspecified atom stereocenters. The standard InChI is InChI=1S/C18H24ClN3O2/c19-16-6-4-15(5-7-16)18(24)22-12-10-20(11-13-22)14-17(23)21-8-2-1-3-9-21/h4-7H,1-3,8-14H2. The molecule has 0 atom stereocenters. The van der Waals surface area contributed by atoms with E-state index in [4.69, 9.17) is 11.6 Å². The Morgan fingerprint density at radius 3 is 2.08 bits per heavy atom. The second kappa shape index (κ2) is 7.99. The van der Waals surface area contributed by atoms with Gasteiger partial charge in [0.1, 0.15) is 0 Å². The largest absolute Gasteiger partial charge is 0.342 e. The van der Waals surface area contributed by atoms with E-state index in [1.807, 2.05) is 9.80 Å². The molecule has 2 aliphatic rings. The third-order valence-corrected chi connectivity index (χ3v) is 5.07. The van der Waals surface area contributed by atoms with Crippen LogP contribution >= 0.6 is 11.6 Å². The van der Waals surface area contributed by atoms with Crippen molar-refractivity contribution in [1.82, 2.24) is 14.7 Å². The number of carbonyl (C=O) groups is 2. The van der Waals surface area contributed by atoms with Gasteiger partial charge in [0, 0.05) is 49.9 Å². The van der Waals surface area contributed by atoms with Crippen molar-refractivity contribution in [3.8, 4) is 0 Å². The Kier molecular flexibility index (Phi) is 5.74. The summed E-state index contributed by atoms with van der Waals surface area (Å²) in [5.74, 6) is 0.265. The zero-order valence-electron chi connectivity index (χ0n) is 13.9. The summed E-state index contributed by atoms with van der Waals surface area (Å²) in [6.45, 7) is 5.09. The van der Waals surface area contributed by atoms with E-state index in [1.165, 1.54) is 6.42 Å². The fraction of sp³-hybridized carbons (Fsp3) is 0.556. The van der Waals surface area contributed by atoms with Crippen LogP contribution in [-0.4, -0.2) is 72.3 Å². The van der Waals surface area contributed by atoms with E-state index in [9.17, 15) is 9.59 Å². The monoisotopic (exact) mass is 349 g/mol. The number of piperazine rings is 1. The maximum absolute atomic E-state index is 12.5. The number of halogens is 1. The Hall–Kier alpha value is -1.59. The first-order chi connectivity index (χ1) is 11.6. The van der Waals surface area contributed by atoms with Gasteiger partial charge in [0.05, 0.1) is 6.54 Å². The molecule has 5 nitrogen and oxygen atoms in total. The van der Waals surface area contributed by atoms with Crippen molar-refractivity contribution in [2.24, 2.45) is 0 Å². The first kappa shape index (κ1) is 17.2. The Morgan fingerprint density at radius 2 is 1.46 bits per heavy atom. The lowest BCUT2D eigenvalue weighted by Gasteiger charge is -2.36. The van der Waals surface area contributed by atoms with Crippen molar-refractivity contribution in [2.75, 3.05) is 45.8 Å². The van der Waals surface area contributed by atoms with Crippen LogP contribution in [0.5, 0.6) is 0 Å². The number of hydrogen-bond donors (Lipinski definition) is 0. The van der Waals surface area contributed by atoms with E-state index in [0.717, 1.165) is 39.0 Å². The van der Waals surface area contributed by atoms with Gasteiger partial charge in [0.25, 0.3) is 5.91 Å². The van der Waals surface area contributed by atoms with Crippen molar-refractivity contribution in [3.05, 3.63) is 34.9 Å². The molecular formula is C18H24ClN3O2. The van der Waals surface area contributed by atoms with Gasteiger partial charge in [-0.1, -0.05) is 11.6 Å². The normalized spacial score (nSPS) is 19.4. The average Bonchev–Trinajstić information content (AvgIpc) is 2.63. The number of amides is 2. The highest BCUT2D eigenvalue weighted by atomic mass is 35.5. The lowest BCUT2D eigenvalue weighted by Crippen LogP contribution is -2.52. The number of nitrogens with zero attached hydrogens (tertiary/aromatic N) is 3. The summed E-state index contributed by atoms with van der Waals surface area (Å²) >= 11 is 5.87. The van der Waals surface area contributed by atoms with Gasteiger partial charge in [-0.05, 0) is 43.5 Å². The first-order valence-electron chi connectivity index (χ1n) is 8.68. The summed E-state index contributed by atoms with van der Waals surface area (Å²) in [7, 11) is 0. The molecular weight excluding hydrogens is 326 g/mol. The smallest absolute Gasteiger partial charge is 0.253 e. The number of rotatable bonds is 3. The van der Waals surface area contributed by atoms with Gasteiger partial charge < -0.3 is 9.80 Å². The summed E-state index contributed by atoms with van der Waals surface area (Å²) in [6.07, 6.45) is 3.47. The van der Waals surface area contributed by atoms with Gasteiger partial charge in [-0.2, -0.15) is 0 Å². The molecule has 0 aliphatic carbocycles. The summed E-state index contributed by atoms with van der Waals surface area (Å²) < 4.78 is 0. The van der Waals surface area contributed by atoms with E-state index in [0.29, 0.717) is 30.2 Å². The van der Waals surface area contributed by atoms with Crippen molar-refractivity contribution in [3.63, 3.8) is 0 Å². The molecule has 6 heteroatoms. The molecule has 0 bridgehead atoms. The Morgan fingerprint density at radius 1 is 0.833 bits per heavy atom. The quantitative estimate of drug-likeness (QED) is 0.839. The SMILES string of the molecule is O=C(CN1CCN(C(=O)c2ccc(Cl)cc2)CC1)N1CCCCC1. The van der Waals surface area contributed by atoms with Crippen LogP contribution in [0, 0.1) is 0 Å². The van der Waals surface area contributed by atoms with Gasteiger partial charge in [0.15, 0.2) is 0 Å². The number of carbonyl (C=O) groups excluding carboxylic acids is 2. The first-order valence-corrected chi connectivity index (χ1v) is 9.06. The van der Waals surface area contributed by atoms with Crippen LogP contribution in [0.1, 0.15) is 29.6 Å². The molecule has 0 spiro atoms. The molecule has 0 N–H and O–H groups in total. The van der Waals surface area contributed by atoms with Crippen molar-refractivity contribution >= 4 is 23.4 Å². The minimum atomic E-state index is 0.0358. The number of likely N-dealkylation sites (tertiary alicyclic amines) is 1. The van der Waals surface area contributed by atoms with Gasteiger partial charge in [-0.25, -0.2) is 0 Å². The van der Waals surface area contributed by atoms with Crippen LogP contribution in [0.2, 0.25) is 5.02 Å². The minimum absolute atomic E-state index is 0.0358. The molecule has 3 rings (SSSR count). The fourth-order valence-electron chi connectivity index (χ4n) is 3.32. The molecule has 2 heterocycles. The van der Waals surface area contributed by atoms with Crippen LogP contribution in [0.4, 0.5) is 0 Å². The predicted octanol–water partition coefficient (Wildman–Crippen LogP) is 2.11. The molecule has 0 aromatic heterocycles. The molecule has 1 aromatic rings. The van der Waals surface area contributed by atoms with Gasteiger partial charge in [-0.3, -0.25) is 14.5 Å². The van der Waals surface area contributed by atoms with Gasteiger partial charge in [0.2, 0.25) is 5.91 Å². The summed E-state index contributed by atoms with van der Waals surface area (Å²) in [5.41, 5.74) is 0.664. The molecule has 2 saturated heterocycles. The highest BCUT2D eigenvalue weighted by molar-refractivity contribution is 6.30. The average molecular weight is 350 g/mol. The zero-order valence-corrected chi connectivity index (χ0v) is 14.7. The molecule has 1 aromatic carbocycles. The lowest BCUT2D eigenvalue weighted by molar-refractivity contribution is -0.133. The summed E-state index contributed by atoms with van der Waals surface area (Å²) in [5, 5.41) is 0.632. The Labute approximate surface area is 148 Å². The van der Waals surface area contributed by atoms with Crippen LogP contribution in [-0.2, 0) is 4.79 Å². The molecule has 2 amide bonds. The second-order valence-electron chi connectivity index (χ2n) is 6.52. The molecule has 0 radical (unpaired) electrons. The summed E-state index contributed by atoms with van der Waals surface area (Å²) in [6, 6.07) is 7.00. The van der Waals surface area contributed by atoms with E-state index in [1.54, 1.807) is 24.3 Å². The van der Waals surface area contributed by atoms with Crippen LogP contribution in [0.3, 0.4) is 0 Å². The van der Waals surface area contributed by atoms with Gasteiger partial charge >= 0.3 is 0 Å². The van der Waals surface area contributed by atoms with Crippen LogP contribution in [0.25, 0.3) is 0 Å². The molecule has 24 heavy (non-hydrogen) atoms. The minimum Gasteiger partial charge on any atom is -0.342 e. The molecule has 0 saturated carbocycles. The third kappa shape index (κ3) is 4.28. The topological polar surface area (TPSA) is 43.9 Å². The molecule has 2 aliphatic heterocycles. The number of hydrogen-bond acceptors (Lipinski definition) is 3. The van der Waals surface area contributed by atoms with Crippen LogP contribution in [0.15, 0.2) is 24.3 Å². The second-order valence-corrected chi connectivity index (χ2v) is 6.95. The highest BCUT2D eigenvalue weighted by Gasteiger charge is 2.25. The van der Waals surface area contributed by atoms with Crippen molar-refractivity contribution < 1.29 is 9.59 Å².